The van der Waals surface area contributed by atoms with Crippen LogP contribution in [0.1, 0.15) is 0 Å². The topological polar surface area (TPSA) is 22.2 Å². The van der Waals surface area contributed by atoms with Gasteiger partial charge >= 0.3 is 0 Å². The fraction of sp³-hybridized carbons (Fsp3) is 0. The molecule has 0 amide bonds. The Kier molecular flexibility index (Phi) is 3.94. The Morgan fingerprint density at radius 2 is 1.17 bits per heavy atom. The van der Waals surface area contributed by atoms with Crippen molar-refractivity contribution in [3.05, 3.63) is 127 Å². The van der Waals surface area contributed by atoms with Crippen molar-refractivity contribution in [2.45, 2.75) is 0 Å². The predicted molar refractivity (Wildman–Crippen MR) is 150 cm³/mol. The Morgan fingerprint density at radius 1 is 0.500 bits per heavy atom. The molecule has 3 nitrogen and oxygen atoms in total. The number of para-hydroxylation sites is 3. The van der Waals surface area contributed by atoms with E-state index >= 15 is 0 Å². The molecule has 0 spiro atoms. The second-order valence-electron chi connectivity index (χ2n) is 9.27. The molecule has 0 unspecified atom stereocenters. The molecule has 0 fully saturated rings. The van der Waals surface area contributed by atoms with Crippen molar-refractivity contribution in [3.63, 3.8) is 0 Å². The number of hydrogen-bond donors (Lipinski definition) is 0. The number of fused-ring (bicyclic) bond motifs is 10. The van der Waals surface area contributed by atoms with E-state index in [1.807, 2.05) is 0 Å². The predicted octanol–water partition coefficient (Wildman–Crippen LogP) is 8.40. The monoisotopic (exact) mass is 459 g/mol. The second kappa shape index (κ2) is 7.30. The van der Waals surface area contributed by atoms with Crippen molar-refractivity contribution in [1.82, 2.24) is 14.0 Å². The standard InChI is InChI=1S/C33H21N3/c1-2-11-22(12-3-1)23-13-10-14-24(21-23)35-29-19-8-6-17-27(29)31-25-15-4-5-16-26(25)32-34-28-18-7-9-20-30(28)36(32)33(31)35/h1-21H. The molecular formula is C33H21N3. The van der Waals surface area contributed by atoms with Gasteiger partial charge < -0.3 is 0 Å². The summed E-state index contributed by atoms with van der Waals surface area (Å²) in [4.78, 5) is 5.11. The molecule has 0 aliphatic carbocycles. The van der Waals surface area contributed by atoms with Crippen LogP contribution in [0.25, 0.3) is 66.2 Å². The molecule has 0 saturated heterocycles. The molecule has 8 rings (SSSR count). The summed E-state index contributed by atoms with van der Waals surface area (Å²) in [5.41, 5.74) is 8.99. The number of nitrogens with zero attached hydrogens (tertiary/aromatic N) is 3. The van der Waals surface area contributed by atoms with Crippen LogP contribution >= 0.6 is 0 Å². The maximum Gasteiger partial charge on any atom is 0.147 e. The largest absolute Gasteiger partial charge is 0.295 e. The minimum Gasteiger partial charge on any atom is -0.295 e. The third-order valence-corrected chi connectivity index (χ3v) is 7.27. The summed E-state index contributed by atoms with van der Waals surface area (Å²) in [6.45, 7) is 0. The van der Waals surface area contributed by atoms with Gasteiger partial charge in [-0.1, -0.05) is 97.1 Å². The van der Waals surface area contributed by atoms with Gasteiger partial charge in [0, 0.05) is 21.8 Å². The number of imidazole rings is 1. The van der Waals surface area contributed by atoms with Crippen LogP contribution in [0.2, 0.25) is 0 Å². The molecule has 5 aromatic carbocycles. The quantitative estimate of drug-likeness (QED) is 0.254. The number of hydrogen-bond acceptors (Lipinski definition) is 1. The van der Waals surface area contributed by atoms with Crippen molar-refractivity contribution in [3.8, 4) is 16.8 Å². The van der Waals surface area contributed by atoms with Crippen molar-refractivity contribution in [2.24, 2.45) is 0 Å². The first-order chi connectivity index (χ1) is 17.9. The molecule has 3 heteroatoms. The summed E-state index contributed by atoms with van der Waals surface area (Å²) in [5, 5.41) is 4.89. The minimum atomic E-state index is 0.988. The van der Waals surface area contributed by atoms with Crippen LogP contribution in [0.4, 0.5) is 0 Å². The Hall–Kier alpha value is -4.89. The summed E-state index contributed by atoms with van der Waals surface area (Å²) in [6.07, 6.45) is 0. The molecular weight excluding hydrogens is 438 g/mol. The molecule has 3 aromatic heterocycles. The summed E-state index contributed by atoms with van der Waals surface area (Å²) in [5.74, 6) is 0. The Morgan fingerprint density at radius 3 is 2.03 bits per heavy atom. The van der Waals surface area contributed by atoms with Crippen molar-refractivity contribution < 1.29 is 0 Å². The lowest BCUT2D eigenvalue weighted by Crippen LogP contribution is -2.00. The lowest BCUT2D eigenvalue weighted by Gasteiger charge is -2.13. The number of pyridine rings is 1. The van der Waals surface area contributed by atoms with Crippen molar-refractivity contribution in [2.75, 3.05) is 0 Å². The van der Waals surface area contributed by atoms with E-state index in [0.29, 0.717) is 0 Å². The van der Waals surface area contributed by atoms with Gasteiger partial charge in [0.25, 0.3) is 0 Å². The van der Waals surface area contributed by atoms with Crippen LogP contribution in [-0.2, 0) is 0 Å². The average molecular weight is 460 g/mol. The Labute approximate surface area is 207 Å². The molecule has 0 aliphatic rings. The first-order valence-electron chi connectivity index (χ1n) is 12.3. The van der Waals surface area contributed by atoms with Gasteiger partial charge in [-0.2, -0.15) is 0 Å². The molecule has 0 saturated carbocycles. The van der Waals surface area contributed by atoms with E-state index in [4.69, 9.17) is 4.98 Å². The molecule has 0 bridgehead atoms. The van der Waals surface area contributed by atoms with Gasteiger partial charge in [0.15, 0.2) is 0 Å². The highest BCUT2D eigenvalue weighted by atomic mass is 15.1. The van der Waals surface area contributed by atoms with E-state index in [9.17, 15) is 0 Å². The maximum absolute atomic E-state index is 5.11. The van der Waals surface area contributed by atoms with E-state index in [-0.39, 0.29) is 0 Å². The molecule has 0 atom stereocenters. The van der Waals surface area contributed by atoms with E-state index < -0.39 is 0 Å². The molecule has 3 heterocycles. The minimum absolute atomic E-state index is 0.988. The van der Waals surface area contributed by atoms with Crippen LogP contribution in [0.5, 0.6) is 0 Å². The van der Waals surface area contributed by atoms with Crippen LogP contribution in [0.3, 0.4) is 0 Å². The highest BCUT2D eigenvalue weighted by Gasteiger charge is 2.21. The van der Waals surface area contributed by atoms with E-state index in [1.165, 1.54) is 38.2 Å². The fourth-order valence-corrected chi connectivity index (χ4v) is 5.74. The normalized spacial score (nSPS) is 11.9. The molecule has 0 radical (unpaired) electrons. The lowest BCUT2D eigenvalue weighted by atomic mass is 10.1. The highest BCUT2D eigenvalue weighted by Crippen LogP contribution is 2.40. The highest BCUT2D eigenvalue weighted by molar-refractivity contribution is 6.23. The summed E-state index contributed by atoms with van der Waals surface area (Å²) >= 11 is 0. The number of rotatable bonds is 2. The van der Waals surface area contributed by atoms with Gasteiger partial charge in [-0.15, -0.1) is 0 Å². The van der Waals surface area contributed by atoms with Gasteiger partial charge in [0.1, 0.15) is 11.3 Å². The summed E-state index contributed by atoms with van der Waals surface area (Å²) < 4.78 is 4.76. The van der Waals surface area contributed by atoms with Crippen molar-refractivity contribution >= 4 is 49.4 Å². The van der Waals surface area contributed by atoms with Crippen LogP contribution < -0.4 is 0 Å². The van der Waals surface area contributed by atoms with Gasteiger partial charge in [0.05, 0.1) is 16.6 Å². The smallest absolute Gasteiger partial charge is 0.147 e. The molecule has 0 aliphatic heterocycles. The molecule has 8 aromatic rings. The van der Waals surface area contributed by atoms with Crippen molar-refractivity contribution in [1.29, 1.82) is 0 Å². The van der Waals surface area contributed by atoms with E-state index in [0.717, 1.165) is 28.0 Å². The van der Waals surface area contributed by atoms with Gasteiger partial charge in [-0.3, -0.25) is 8.97 Å². The Balaban J connectivity index is 1.63. The zero-order valence-corrected chi connectivity index (χ0v) is 19.5. The Bertz CT molecular complexity index is 2100. The number of aromatic nitrogens is 3. The van der Waals surface area contributed by atoms with Gasteiger partial charge in [0.2, 0.25) is 0 Å². The summed E-state index contributed by atoms with van der Waals surface area (Å²) in [7, 11) is 0. The molecule has 168 valence electrons. The maximum atomic E-state index is 5.11. The first kappa shape index (κ1) is 19.4. The van der Waals surface area contributed by atoms with Crippen LogP contribution in [0, 0.1) is 0 Å². The SMILES string of the molecule is c1ccc(-c2cccc(-n3c4ccccc4c4c5ccccc5c5nc6ccccc6n5c43)c2)cc1. The van der Waals surface area contributed by atoms with E-state index in [2.05, 4.69) is 136 Å². The zero-order valence-electron chi connectivity index (χ0n) is 19.5. The van der Waals surface area contributed by atoms with Crippen LogP contribution in [-0.4, -0.2) is 14.0 Å². The molecule has 0 N–H and O–H groups in total. The zero-order chi connectivity index (χ0) is 23.6. The van der Waals surface area contributed by atoms with Gasteiger partial charge in [-0.25, -0.2) is 4.98 Å². The first-order valence-corrected chi connectivity index (χ1v) is 12.3. The summed E-state index contributed by atoms with van der Waals surface area (Å²) in [6, 6.07) is 45.3. The fourth-order valence-electron chi connectivity index (χ4n) is 5.74. The third-order valence-electron chi connectivity index (χ3n) is 7.27. The number of benzene rings is 5. The second-order valence-corrected chi connectivity index (χ2v) is 9.27. The van der Waals surface area contributed by atoms with E-state index in [1.54, 1.807) is 0 Å². The lowest BCUT2D eigenvalue weighted by molar-refractivity contribution is 1.12. The third kappa shape index (κ3) is 2.60. The average Bonchev–Trinajstić information content (AvgIpc) is 3.50. The molecule has 36 heavy (non-hydrogen) atoms. The van der Waals surface area contributed by atoms with Crippen LogP contribution in [0.15, 0.2) is 127 Å². The van der Waals surface area contributed by atoms with Gasteiger partial charge in [-0.05, 0) is 46.8 Å².